The Balaban J connectivity index is 2.20. The fourth-order valence-electron chi connectivity index (χ4n) is 1.88. The van der Waals surface area contributed by atoms with Crippen molar-refractivity contribution in [2.45, 2.75) is 12.5 Å². The molecule has 2 N–H and O–H groups in total. The molecule has 1 unspecified atom stereocenters. The van der Waals surface area contributed by atoms with Gasteiger partial charge in [-0.15, -0.1) is 0 Å². The number of thioether (sulfide) groups is 1. The number of nitrogens with zero attached hydrogens (tertiary/aromatic N) is 1. The molecule has 17 heavy (non-hydrogen) atoms. The Morgan fingerprint density at radius 2 is 2.24 bits per heavy atom. The summed E-state index contributed by atoms with van der Waals surface area (Å²) in [7, 11) is 1.74. The second-order valence-electron chi connectivity index (χ2n) is 4.13. The SMILES string of the molecule is CN(C(=O)c1cc(O)ccc1O)C1CCSC1. The predicted octanol–water partition coefficient (Wildman–Crippen LogP) is 1.68. The maximum absolute atomic E-state index is 12.2. The Bertz CT molecular complexity index is 430. The third-order valence-corrected chi connectivity index (χ3v) is 4.13. The van der Waals surface area contributed by atoms with Gasteiger partial charge in [-0.1, -0.05) is 0 Å². The van der Waals surface area contributed by atoms with Crippen LogP contribution in [0, 0.1) is 0 Å². The van der Waals surface area contributed by atoms with E-state index in [-0.39, 0.29) is 29.0 Å². The number of amides is 1. The zero-order valence-corrected chi connectivity index (χ0v) is 10.4. The predicted molar refractivity (Wildman–Crippen MR) is 67.6 cm³/mol. The summed E-state index contributed by atoms with van der Waals surface area (Å²) < 4.78 is 0. The van der Waals surface area contributed by atoms with Gasteiger partial charge in [-0.05, 0) is 30.4 Å². The molecule has 1 aliphatic rings. The number of phenolic OH excluding ortho intramolecular Hbond substituents is 2. The lowest BCUT2D eigenvalue weighted by atomic mass is 10.1. The molecule has 1 atom stereocenters. The summed E-state index contributed by atoms with van der Waals surface area (Å²) in [5, 5.41) is 19.0. The summed E-state index contributed by atoms with van der Waals surface area (Å²) in [6, 6.07) is 4.21. The molecule has 0 aromatic heterocycles. The number of phenols is 2. The Kier molecular flexibility index (Phi) is 3.47. The van der Waals surface area contributed by atoms with Crippen LogP contribution < -0.4 is 0 Å². The summed E-state index contributed by atoms with van der Waals surface area (Å²) in [5.41, 5.74) is 0.157. The van der Waals surface area contributed by atoms with Crippen LogP contribution >= 0.6 is 11.8 Å². The second-order valence-corrected chi connectivity index (χ2v) is 5.28. The van der Waals surface area contributed by atoms with E-state index in [1.54, 1.807) is 11.9 Å². The van der Waals surface area contributed by atoms with Crippen LogP contribution in [-0.4, -0.2) is 45.6 Å². The van der Waals surface area contributed by atoms with Gasteiger partial charge in [-0.3, -0.25) is 4.79 Å². The number of hydrogen-bond acceptors (Lipinski definition) is 4. The monoisotopic (exact) mass is 253 g/mol. The quantitative estimate of drug-likeness (QED) is 0.787. The standard InChI is InChI=1S/C12H15NO3S/c1-13(8-4-5-17-7-8)12(16)10-6-9(14)2-3-11(10)15/h2-3,6,8,14-15H,4-5,7H2,1H3. The highest BCUT2D eigenvalue weighted by Gasteiger charge is 2.26. The molecule has 1 amide bonds. The summed E-state index contributed by atoms with van der Waals surface area (Å²) in [5.74, 6) is 1.65. The van der Waals surface area contributed by atoms with Gasteiger partial charge in [0, 0.05) is 18.8 Å². The Labute approximate surface area is 104 Å². The van der Waals surface area contributed by atoms with Crippen molar-refractivity contribution in [3.05, 3.63) is 23.8 Å². The molecule has 1 aromatic rings. The average molecular weight is 253 g/mol. The number of carbonyl (C=O) groups excluding carboxylic acids is 1. The zero-order chi connectivity index (χ0) is 12.4. The van der Waals surface area contributed by atoms with E-state index in [1.807, 2.05) is 11.8 Å². The highest BCUT2D eigenvalue weighted by atomic mass is 32.2. The maximum atomic E-state index is 12.2. The van der Waals surface area contributed by atoms with Crippen LogP contribution in [-0.2, 0) is 0 Å². The van der Waals surface area contributed by atoms with Crippen LogP contribution in [0.5, 0.6) is 11.5 Å². The first-order chi connectivity index (χ1) is 8.09. The molecule has 5 heteroatoms. The molecule has 0 radical (unpaired) electrons. The first-order valence-corrected chi connectivity index (χ1v) is 6.62. The van der Waals surface area contributed by atoms with Crippen LogP contribution in [0.15, 0.2) is 18.2 Å². The maximum Gasteiger partial charge on any atom is 0.257 e. The van der Waals surface area contributed by atoms with Crippen molar-refractivity contribution in [2.24, 2.45) is 0 Å². The summed E-state index contributed by atoms with van der Waals surface area (Å²) in [6.45, 7) is 0. The second kappa shape index (κ2) is 4.87. The molecule has 0 saturated carbocycles. The van der Waals surface area contributed by atoms with Crippen molar-refractivity contribution >= 4 is 17.7 Å². The minimum Gasteiger partial charge on any atom is -0.508 e. The van der Waals surface area contributed by atoms with Gasteiger partial charge in [0.15, 0.2) is 0 Å². The van der Waals surface area contributed by atoms with Gasteiger partial charge in [0.05, 0.1) is 5.56 Å². The average Bonchev–Trinajstić information content (AvgIpc) is 2.84. The van der Waals surface area contributed by atoms with Gasteiger partial charge in [0.2, 0.25) is 0 Å². The lowest BCUT2D eigenvalue weighted by molar-refractivity contribution is 0.0744. The van der Waals surface area contributed by atoms with Crippen LogP contribution in [0.25, 0.3) is 0 Å². The molecule has 1 saturated heterocycles. The van der Waals surface area contributed by atoms with E-state index in [0.717, 1.165) is 17.9 Å². The number of benzene rings is 1. The fraction of sp³-hybridized carbons (Fsp3) is 0.417. The van der Waals surface area contributed by atoms with Crippen LogP contribution in [0.3, 0.4) is 0 Å². The molecule has 0 bridgehead atoms. The zero-order valence-electron chi connectivity index (χ0n) is 9.59. The molecule has 0 spiro atoms. The molecule has 1 aliphatic heterocycles. The van der Waals surface area contributed by atoms with Crippen molar-refractivity contribution in [2.75, 3.05) is 18.6 Å². The van der Waals surface area contributed by atoms with Crippen molar-refractivity contribution in [1.29, 1.82) is 0 Å². The van der Waals surface area contributed by atoms with Gasteiger partial charge in [-0.25, -0.2) is 0 Å². The molecule has 2 rings (SSSR count). The number of hydrogen-bond donors (Lipinski definition) is 2. The van der Waals surface area contributed by atoms with Gasteiger partial charge >= 0.3 is 0 Å². The van der Waals surface area contributed by atoms with E-state index >= 15 is 0 Å². The molecular formula is C12H15NO3S. The third kappa shape index (κ3) is 2.49. The number of carbonyl (C=O) groups is 1. The van der Waals surface area contributed by atoms with E-state index < -0.39 is 0 Å². The molecule has 1 aromatic carbocycles. The first-order valence-electron chi connectivity index (χ1n) is 5.46. The van der Waals surface area contributed by atoms with Gasteiger partial charge in [0.25, 0.3) is 5.91 Å². The summed E-state index contributed by atoms with van der Waals surface area (Å²) >= 11 is 1.82. The van der Waals surface area contributed by atoms with Gasteiger partial charge in [0.1, 0.15) is 11.5 Å². The molecule has 1 fully saturated rings. The highest BCUT2D eigenvalue weighted by molar-refractivity contribution is 7.99. The largest absolute Gasteiger partial charge is 0.508 e. The normalized spacial score (nSPS) is 19.2. The van der Waals surface area contributed by atoms with Crippen molar-refractivity contribution in [3.8, 4) is 11.5 Å². The molecule has 92 valence electrons. The summed E-state index contributed by atoms with van der Waals surface area (Å²) in [4.78, 5) is 13.8. The number of rotatable bonds is 2. The topological polar surface area (TPSA) is 60.8 Å². The van der Waals surface area contributed by atoms with Crippen molar-refractivity contribution < 1.29 is 15.0 Å². The Morgan fingerprint density at radius 3 is 2.88 bits per heavy atom. The van der Waals surface area contributed by atoms with Gasteiger partial charge in [-0.2, -0.15) is 11.8 Å². The Hall–Kier alpha value is -1.36. The van der Waals surface area contributed by atoms with Crippen LogP contribution in [0.4, 0.5) is 0 Å². The van der Waals surface area contributed by atoms with E-state index in [2.05, 4.69) is 0 Å². The van der Waals surface area contributed by atoms with E-state index in [9.17, 15) is 15.0 Å². The third-order valence-electron chi connectivity index (χ3n) is 2.98. The highest BCUT2D eigenvalue weighted by Crippen LogP contribution is 2.27. The van der Waals surface area contributed by atoms with E-state index in [1.165, 1.54) is 18.2 Å². The Morgan fingerprint density at radius 1 is 1.47 bits per heavy atom. The smallest absolute Gasteiger partial charge is 0.257 e. The van der Waals surface area contributed by atoms with Crippen LogP contribution in [0.1, 0.15) is 16.8 Å². The van der Waals surface area contributed by atoms with Crippen molar-refractivity contribution in [3.63, 3.8) is 0 Å². The van der Waals surface area contributed by atoms with E-state index in [0.29, 0.717) is 0 Å². The van der Waals surface area contributed by atoms with Crippen molar-refractivity contribution in [1.82, 2.24) is 4.90 Å². The first kappa shape index (κ1) is 12.1. The fourth-order valence-corrected chi connectivity index (χ4v) is 3.15. The van der Waals surface area contributed by atoms with E-state index in [4.69, 9.17) is 0 Å². The molecule has 0 aliphatic carbocycles. The number of aromatic hydroxyl groups is 2. The minimum atomic E-state index is -0.245. The minimum absolute atomic E-state index is 0.0136. The van der Waals surface area contributed by atoms with Crippen LogP contribution in [0.2, 0.25) is 0 Å². The summed E-state index contributed by atoms with van der Waals surface area (Å²) in [6.07, 6.45) is 0.979. The molecule has 1 heterocycles. The lowest BCUT2D eigenvalue weighted by Crippen LogP contribution is -2.36. The van der Waals surface area contributed by atoms with Gasteiger partial charge < -0.3 is 15.1 Å². The molecular weight excluding hydrogens is 238 g/mol. The molecule has 4 nitrogen and oxygen atoms in total. The lowest BCUT2D eigenvalue weighted by Gasteiger charge is -2.24.